The maximum absolute atomic E-state index is 13.9. The van der Waals surface area contributed by atoms with Crippen molar-refractivity contribution < 1.29 is 9.18 Å². The summed E-state index contributed by atoms with van der Waals surface area (Å²) in [5, 5.41) is 8.59. The predicted molar refractivity (Wildman–Crippen MR) is 87.5 cm³/mol. The van der Waals surface area contributed by atoms with Gasteiger partial charge >= 0.3 is 0 Å². The lowest BCUT2D eigenvalue weighted by Crippen LogP contribution is -2.34. The average Bonchev–Trinajstić information content (AvgIpc) is 3.19. The molecule has 122 valence electrons. The lowest BCUT2D eigenvalue weighted by atomic mass is 10.2. The normalized spacial score (nSPS) is 15.9. The molecule has 0 bridgehead atoms. The molecule has 0 spiro atoms. The van der Waals surface area contributed by atoms with Crippen molar-refractivity contribution in [1.29, 1.82) is 0 Å². The number of rotatable bonds is 4. The second kappa shape index (κ2) is 6.70. The Balaban J connectivity index is 1.77. The topological polar surface area (TPSA) is 51.0 Å². The minimum Gasteiger partial charge on any atom is -0.342 e. The van der Waals surface area contributed by atoms with Crippen molar-refractivity contribution in [1.82, 2.24) is 19.7 Å². The van der Waals surface area contributed by atoms with Crippen LogP contribution >= 0.6 is 11.8 Å². The molecule has 3 rings (SSSR count). The van der Waals surface area contributed by atoms with E-state index in [1.807, 2.05) is 11.8 Å². The largest absolute Gasteiger partial charge is 0.342 e. The second-order valence-corrected chi connectivity index (χ2v) is 6.95. The van der Waals surface area contributed by atoms with Gasteiger partial charge in [-0.25, -0.2) is 4.39 Å². The molecular weight excluding hydrogens is 315 g/mol. The molecule has 1 fully saturated rings. The molecule has 5 nitrogen and oxygen atoms in total. The third-order valence-electron chi connectivity index (χ3n) is 4.00. The summed E-state index contributed by atoms with van der Waals surface area (Å²) in [6.45, 7) is 3.55. The van der Waals surface area contributed by atoms with Crippen molar-refractivity contribution in [2.24, 2.45) is 7.05 Å². The Morgan fingerprint density at radius 2 is 1.96 bits per heavy atom. The van der Waals surface area contributed by atoms with Gasteiger partial charge in [-0.3, -0.25) is 4.79 Å². The van der Waals surface area contributed by atoms with Crippen molar-refractivity contribution in [3.05, 3.63) is 30.1 Å². The van der Waals surface area contributed by atoms with E-state index in [2.05, 4.69) is 10.2 Å². The molecule has 0 saturated carbocycles. The Bertz CT molecular complexity index is 712. The predicted octanol–water partition coefficient (Wildman–Crippen LogP) is 2.72. The summed E-state index contributed by atoms with van der Waals surface area (Å²) in [7, 11) is 1.79. The monoisotopic (exact) mass is 334 g/mol. The zero-order valence-electron chi connectivity index (χ0n) is 13.2. The molecule has 0 radical (unpaired) electrons. The summed E-state index contributed by atoms with van der Waals surface area (Å²) in [5.41, 5.74) is 0.410. The molecule has 1 atom stereocenters. The van der Waals surface area contributed by atoms with Crippen LogP contribution < -0.4 is 0 Å². The van der Waals surface area contributed by atoms with E-state index >= 15 is 0 Å². The lowest BCUT2D eigenvalue weighted by molar-refractivity contribution is -0.129. The van der Waals surface area contributed by atoms with Gasteiger partial charge in [0.2, 0.25) is 5.91 Å². The Kier molecular flexibility index (Phi) is 4.66. The van der Waals surface area contributed by atoms with E-state index in [0.29, 0.717) is 16.5 Å². The Morgan fingerprint density at radius 1 is 1.26 bits per heavy atom. The van der Waals surface area contributed by atoms with E-state index < -0.39 is 0 Å². The van der Waals surface area contributed by atoms with Gasteiger partial charge < -0.3 is 9.47 Å². The van der Waals surface area contributed by atoms with Crippen molar-refractivity contribution in [3.8, 4) is 11.4 Å². The van der Waals surface area contributed by atoms with Crippen LogP contribution in [0.3, 0.4) is 0 Å². The Hall–Kier alpha value is -1.89. The third-order valence-corrected chi connectivity index (χ3v) is 5.12. The third kappa shape index (κ3) is 3.24. The molecule has 1 aliphatic heterocycles. The number of hydrogen-bond acceptors (Lipinski definition) is 4. The fourth-order valence-corrected chi connectivity index (χ4v) is 3.60. The highest BCUT2D eigenvalue weighted by molar-refractivity contribution is 8.00. The number of aromatic nitrogens is 3. The maximum Gasteiger partial charge on any atom is 0.235 e. The van der Waals surface area contributed by atoms with E-state index in [9.17, 15) is 9.18 Å². The van der Waals surface area contributed by atoms with Crippen molar-refractivity contribution in [2.45, 2.75) is 30.2 Å². The summed E-state index contributed by atoms with van der Waals surface area (Å²) < 4.78 is 15.6. The van der Waals surface area contributed by atoms with E-state index in [1.54, 1.807) is 29.8 Å². The van der Waals surface area contributed by atoms with Gasteiger partial charge in [-0.2, -0.15) is 0 Å². The first kappa shape index (κ1) is 16.0. The van der Waals surface area contributed by atoms with Gasteiger partial charge in [-0.15, -0.1) is 10.2 Å². The smallest absolute Gasteiger partial charge is 0.235 e. The molecule has 1 aliphatic rings. The SMILES string of the molecule is C[C@@H](Sc1nnc(-c2ccccc2F)n1C)C(=O)N1CCCC1. The molecular formula is C16H19FN4OS. The van der Waals surface area contributed by atoms with E-state index in [4.69, 9.17) is 0 Å². The summed E-state index contributed by atoms with van der Waals surface area (Å²) >= 11 is 1.36. The zero-order chi connectivity index (χ0) is 16.4. The van der Waals surface area contributed by atoms with Gasteiger partial charge in [0.15, 0.2) is 11.0 Å². The lowest BCUT2D eigenvalue weighted by Gasteiger charge is -2.19. The van der Waals surface area contributed by atoms with Crippen LogP contribution in [0.2, 0.25) is 0 Å². The number of nitrogens with zero attached hydrogens (tertiary/aromatic N) is 4. The Labute approximate surface area is 138 Å². The molecule has 2 aromatic rings. The first-order valence-corrected chi connectivity index (χ1v) is 8.55. The number of hydrogen-bond donors (Lipinski definition) is 0. The van der Waals surface area contributed by atoms with Crippen LogP contribution in [-0.4, -0.2) is 43.9 Å². The summed E-state index contributed by atoms with van der Waals surface area (Å²) in [6, 6.07) is 6.48. The van der Waals surface area contributed by atoms with Crippen molar-refractivity contribution in [3.63, 3.8) is 0 Å². The van der Waals surface area contributed by atoms with Gasteiger partial charge in [-0.1, -0.05) is 23.9 Å². The highest BCUT2D eigenvalue weighted by atomic mass is 32.2. The van der Waals surface area contributed by atoms with Gasteiger partial charge in [0.1, 0.15) is 5.82 Å². The number of benzene rings is 1. The first-order chi connectivity index (χ1) is 11.1. The minimum absolute atomic E-state index is 0.128. The number of thioether (sulfide) groups is 1. The maximum atomic E-state index is 13.9. The van der Waals surface area contributed by atoms with Crippen molar-refractivity contribution in [2.75, 3.05) is 13.1 Å². The summed E-state index contributed by atoms with van der Waals surface area (Å²) in [4.78, 5) is 14.3. The molecule has 2 heterocycles. The summed E-state index contributed by atoms with van der Waals surface area (Å²) in [5.74, 6) is 0.259. The van der Waals surface area contributed by atoms with Gasteiger partial charge in [-0.05, 0) is 31.9 Å². The number of amides is 1. The minimum atomic E-state index is -0.333. The number of carbonyl (C=O) groups excluding carboxylic acids is 1. The standard InChI is InChI=1S/C16H19FN4OS/c1-11(15(22)21-9-5-6-10-21)23-16-19-18-14(20(16)2)12-7-3-4-8-13(12)17/h3-4,7-8,11H,5-6,9-10H2,1-2H3/t11-/m1/s1. The number of likely N-dealkylation sites (tertiary alicyclic amines) is 1. The van der Waals surface area contributed by atoms with Gasteiger partial charge in [0, 0.05) is 20.1 Å². The van der Waals surface area contributed by atoms with E-state index in [-0.39, 0.29) is 17.0 Å². The molecule has 23 heavy (non-hydrogen) atoms. The molecule has 7 heteroatoms. The molecule has 0 unspecified atom stereocenters. The molecule has 1 amide bonds. The second-order valence-electron chi connectivity index (χ2n) is 5.64. The average molecular weight is 334 g/mol. The van der Waals surface area contributed by atoms with Crippen LogP contribution in [0.1, 0.15) is 19.8 Å². The van der Waals surface area contributed by atoms with Gasteiger partial charge in [0.25, 0.3) is 0 Å². The van der Waals surface area contributed by atoms with Crippen LogP contribution in [0.5, 0.6) is 0 Å². The van der Waals surface area contributed by atoms with Crippen LogP contribution in [0.25, 0.3) is 11.4 Å². The highest BCUT2D eigenvalue weighted by Gasteiger charge is 2.26. The van der Waals surface area contributed by atoms with Crippen molar-refractivity contribution >= 4 is 17.7 Å². The molecule has 1 aromatic carbocycles. The summed E-state index contributed by atoms with van der Waals surface area (Å²) in [6.07, 6.45) is 2.15. The fourth-order valence-electron chi connectivity index (χ4n) is 2.70. The van der Waals surface area contributed by atoms with Crippen LogP contribution in [-0.2, 0) is 11.8 Å². The Morgan fingerprint density at radius 3 is 2.65 bits per heavy atom. The quantitative estimate of drug-likeness (QED) is 0.807. The molecule has 0 aliphatic carbocycles. The molecule has 1 aromatic heterocycles. The zero-order valence-corrected chi connectivity index (χ0v) is 14.0. The molecule has 0 N–H and O–H groups in total. The van der Waals surface area contributed by atoms with Crippen LogP contribution in [0.4, 0.5) is 4.39 Å². The number of halogens is 1. The van der Waals surface area contributed by atoms with E-state index in [1.165, 1.54) is 17.8 Å². The van der Waals surface area contributed by atoms with Gasteiger partial charge in [0.05, 0.1) is 10.8 Å². The van der Waals surface area contributed by atoms with Crippen LogP contribution in [0.15, 0.2) is 29.4 Å². The highest BCUT2D eigenvalue weighted by Crippen LogP contribution is 2.28. The van der Waals surface area contributed by atoms with Crippen LogP contribution in [0, 0.1) is 5.82 Å². The first-order valence-electron chi connectivity index (χ1n) is 7.67. The van der Waals surface area contributed by atoms with E-state index in [0.717, 1.165) is 25.9 Å². The fraction of sp³-hybridized carbons (Fsp3) is 0.438. The molecule has 1 saturated heterocycles. The number of carbonyl (C=O) groups is 1.